The van der Waals surface area contributed by atoms with Crippen LogP contribution in [0, 0.1) is 11.6 Å². The molecular weight excluding hydrogens is 288 g/mol. The standard InChI is InChI=1S/C13H17F2NO3S/c1-9(17)10-6-12(14)11(13(15)7-10)8-16-2-4-20(18,19)5-3-16/h6-7,9,17H,2-5,8H2,1H3. The minimum atomic E-state index is -3.01. The van der Waals surface area contributed by atoms with Crippen molar-refractivity contribution in [3.8, 4) is 0 Å². The Kier molecular flexibility index (Phi) is 4.41. The number of hydrogen-bond acceptors (Lipinski definition) is 4. The van der Waals surface area contributed by atoms with Crippen LogP contribution in [0.25, 0.3) is 0 Å². The molecule has 0 saturated carbocycles. The Morgan fingerprint density at radius 3 is 2.20 bits per heavy atom. The van der Waals surface area contributed by atoms with Gasteiger partial charge in [-0.05, 0) is 24.6 Å². The first-order valence-corrected chi connectivity index (χ1v) is 8.19. The summed E-state index contributed by atoms with van der Waals surface area (Å²) in [4.78, 5) is 1.71. The van der Waals surface area contributed by atoms with Gasteiger partial charge in [-0.1, -0.05) is 0 Å². The van der Waals surface area contributed by atoms with Gasteiger partial charge in [0.05, 0.1) is 17.6 Å². The Bertz CT molecular complexity index is 565. The van der Waals surface area contributed by atoms with E-state index in [-0.39, 0.29) is 42.3 Å². The van der Waals surface area contributed by atoms with Gasteiger partial charge < -0.3 is 5.11 Å². The third kappa shape index (κ3) is 3.53. The average Bonchev–Trinajstić information content (AvgIpc) is 2.35. The number of halogens is 2. The lowest BCUT2D eigenvalue weighted by Gasteiger charge is -2.26. The maximum Gasteiger partial charge on any atom is 0.152 e. The monoisotopic (exact) mass is 305 g/mol. The van der Waals surface area contributed by atoms with Crippen molar-refractivity contribution in [1.82, 2.24) is 4.90 Å². The zero-order valence-corrected chi connectivity index (χ0v) is 12.0. The van der Waals surface area contributed by atoms with Crippen LogP contribution < -0.4 is 0 Å². The van der Waals surface area contributed by atoms with Crippen molar-refractivity contribution in [2.75, 3.05) is 24.6 Å². The van der Waals surface area contributed by atoms with E-state index in [1.165, 1.54) is 6.92 Å². The van der Waals surface area contributed by atoms with E-state index in [2.05, 4.69) is 0 Å². The molecule has 2 rings (SSSR count). The highest BCUT2D eigenvalue weighted by Gasteiger charge is 2.23. The molecule has 7 heteroatoms. The largest absolute Gasteiger partial charge is 0.389 e. The maximum atomic E-state index is 13.9. The first-order valence-electron chi connectivity index (χ1n) is 6.37. The van der Waals surface area contributed by atoms with Crippen LogP contribution in [0.2, 0.25) is 0 Å². The molecule has 1 aliphatic rings. The highest BCUT2D eigenvalue weighted by Crippen LogP contribution is 2.22. The lowest BCUT2D eigenvalue weighted by Crippen LogP contribution is -2.40. The first kappa shape index (κ1) is 15.3. The molecule has 0 spiro atoms. The third-order valence-electron chi connectivity index (χ3n) is 3.46. The van der Waals surface area contributed by atoms with Crippen molar-refractivity contribution < 1.29 is 22.3 Å². The summed E-state index contributed by atoms with van der Waals surface area (Å²) in [5.41, 5.74) is 0.0960. The molecule has 1 heterocycles. The molecule has 1 saturated heterocycles. The van der Waals surface area contributed by atoms with Crippen LogP contribution in [0.15, 0.2) is 12.1 Å². The number of hydrogen-bond donors (Lipinski definition) is 1. The molecule has 1 unspecified atom stereocenters. The topological polar surface area (TPSA) is 57.6 Å². The highest BCUT2D eigenvalue weighted by molar-refractivity contribution is 7.91. The number of aliphatic hydroxyl groups excluding tert-OH is 1. The van der Waals surface area contributed by atoms with Gasteiger partial charge in [0.2, 0.25) is 0 Å². The van der Waals surface area contributed by atoms with Gasteiger partial charge in [0.15, 0.2) is 9.84 Å². The lowest BCUT2D eigenvalue weighted by atomic mass is 10.1. The first-order chi connectivity index (χ1) is 9.28. The fraction of sp³-hybridized carbons (Fsp3) is 0.538. The van der Waals surface area contributed by atoms with E-state index in [1.807, 2.05) is 0 Å². The van der Waals surface area contributed by atoms with E-state index < -0.39 is 27.6 Å². The van der Waals surface area contributed by atoms with Crippen molar-refractivity contribution in [1.29, 1.82) is 0 Å². The Balaban J connectivity index is 2.14. The molecule has 1 N–H and O–H groups in total. The molecule has 0 radical (unpaired) electrons. The quantitative estimate of drug-likeness (QED) is 0.913. The summed E-state index contributed by atoms with van der Waals surface area (Å²) in [7, 11) is -3.01. The summed E-state index contributed by atoms with van der Waals surface area (Å²) in [6.07, 6.45) is -0.937. The van der Waals surface area contributed by atoms with Gasteiger partial charge in [-0.2, -0.15) is 0 Å². The summed E-state index contributed by atoms with van der Waals surface area (Å²) < 4.78 is 50.4. The lowest BCUT2D eigenvalue weighted by molar-refractivity contribution is 0.198. The number of sulfone groups is 1. The average molecular weight is 305 g/mol. The van der Waals surface area contributed by atoms with E-state index >= 15 is 0 Å². The van der Waals surface area contributed by atoms with Gasteiger partial charge in [-0.15, -0.1) is 0 Å². The maximum absolute atomic E-state index is 13.9. The van der Waals surface area contributed by atoms with E-state index in [0.29, 0.717) is 0 Å². The van der Waals surface area contributed by atoms with Gasteiger partial charge in [0.25, 0.3) is 0 Å². The molecule has 0 bridgehead atoms. The second-order valence-corrected chi connectivity index (χ2v) is 7.37. The Morgan fingerprint density at radius 2 is 1.75 bits per heavy atom. The van der Waals surface area contributed by atoms with E-state index in [0.717, 1.165) is 12.1 Å². The van der Waals surface area contributed by atoms with Gasteiger partial charge in [-0.25, -0.2) is 17.2 Å². The number of rotatable bonds is 3. The fourth-order valence-corrected chi connectivity index (χ4v) is 3.42. The molecule has 0 amide bonds. The predicted molar refractivity (Wildman–Crippen MR) is 70.9 cm³/mol. The second kappa shape index (κ2) is 5.75. The van der Waals surface area contributed by atoms with Crippen molar-refractivity contribution in [2.45, 2.75) is 19.6 Å². The molecule has 0 aliphatic carbocycles. The van der Waals surface area contributed by atoms with Crippen LogP contribution in [0.4, 0.5) is 8.78 Å². The smallest absolute Gasteiger partial charge is 0.152 e. The van der Waals surface area contributed by atoms with Crippen molar-refractivity contribution in [3.05, 3.63) is 34.9 Å². The Labute approximate surface area is 116 Å². The Morgan fingerprint density at radius 1 is 1.25 bits per heavy atom. The van der Waals surface area contributed by atoms with Gasteiger partial charge in [0.1, 0.15) is 11.6 Å². The molecule has 4 nitrogen and oxygen atoms in total. The fourth-order valence-electron chi connectivity index (χ4n) is 2.15. The minimum absolute atomic E-state index is 0.0159. The van der Waals surface area contributed by atoms with Gasteiger partial charge in [0, 0.05) is 25.2 Å². The highest BCUT2D eigenvalue weighted by atomic mass is 32.2. The van der Waals surface area contributed by atoms with Crippen LogP contribution in [0.5, 0.6) is 0 Å². The molecule has 1 aliphatic heterocycles. The van der Waals surface area contributed by atoms with Crippen molar-refractivity contribution in [3.63, 3.8) is 0 Å². The summed E-state index contributed by atoms with van der Waals surface area (Å²) in [5.74, 6) is -1.40. The molecule has 20 heavy (non-hydrogen) atoms. The number of nitrogens with zero attached hydrogens (tertiary/aromatic N) is 1. The van der Waals surface area contributed by atoms with Crippen molar-refractivity contribution in [2.24, 2.45) is 0 Å². The van der Waals surface area contributed by atoms with Gasteiger partial charge in [-0.3, -0.25) is 4.90 Å². The number of benzene rings is 1. The normalized spacial score (nSPS) is 20.8. The molecule has 1 aromatic rings. The van der Waals surface area contributed by atoms with Crippen LogP contribution in [-0.4, -0.2) is 43.0 Å². The van der Waals surface area contributed by atoms with E-state index in [4.69, 9.17) is 0 Å². The van der Waals surface area contributed by atoms with E-state index in [1.54, 1.807) is 4.90 Å². The third-order valence-corrected chi connectivity index (χ3v) is 5.07. The van der Waals surface area contributed by atoms with E-state index in [9.17, 15) is 22.3 Å². The van der Waals surface area contributed by atoms with Crippen LogP contribution >= 0.6 is 0 Å². The molecule has 1 aromatic carbocycles. The molecule has 112 valence electrons. The molecule has 1 atom stereocenters. The molecule has 1 fully saturated rings. The minimum Gasteiger partial charge on any atom is -0.389 e. The van der Waals surface area contributed by atoms with Crippen LogP contribution in [-0.2, 0) is 16.4 Å². The summed E-state index contributed by atoms with van der Waals surface area (Å²) >= 11 is 0. The zero-order chi connectivity index (χ0) is 14.9. The summed E-state index contributed by atoms with van der Waals surface area (Å²) in [6, 6.07) is 2.23. The van der Waals surface area contributed by atoms with Crippen LogP contribution in [0.1, 0.15) is 24.2 Å². The predicted octanol–water partition coefficient (Wildman–Crippen LogP) is 1.25. The Hall–Kier alpha value is -1.05. The number of aliphatic hydroxyl groups is 1. The zero-order valence-electron chi connectivity index (χ0n) is 11.1. The van der Waals surface area contributed by atoms with Crippen LogP contribution in [0.3, 0.4) is 0 Å². The molecular formula is C13H17F2NO3S. The van der Waals surface area contributed by atoms with Crippen molar-refractivity contribution >= 4 is 9.84 Å². The second-order valence-electron chi connectivity index (χ2n) is 5.07. The molecule has 0 aromatic heterocycles. The summed E-state index contributed by atoms with van der Waals surface area (Å²) in [5, 5.41) is 9.33. The SMILES string of the molecule is CC(O)c1cc(F)c(CN2CCS(=O)(=O)CC2)c(F)c1. The van der Waals surface area contributed by atoms with Gasteiger partial charge >= 0.3 is 0 Å². The summed E-state index contributed by atoms with van der Waals surface area (Å²) in [6.45, 7) is 2.02.